The second kappa shape index (κ2) is 6.32. The lowest BCUT2D eigenvalue weighted by Gasteiger charge is -2.11. The zero-order chi connectivity index (χ0) is 17.2. The highest BCUT2D eigenvalue weighted by molar-refractivity contribution is 5.77. The molecule has 0 bridgehead atoms. The number of fused-ring (bicyclic) bond motifs is 1. The summed E-state index contributed by atoms with van der Waals surface area (Å²) in [6, 6.07) is 14.0. The monoisotopic (exact) mass is 330 g/mol. The molecule has 4 aromatic rings. The molecule has 6 nitrogen and oxygen atoms in total. The number of anilines is 1. The van der Waals surface area contributed by atoms with Gasteiger partial charge in [-0.25, -0.2) is 19.9 Å². The average molecular weight is 330 g/mol. The van der Waals surface area contributed by atoms with E-state index in [1.54, 1.807) is 6.20 Å². The molecule has 6 heteroatoms. The summed E-state index contributed by atoms with van der Waals surface area (Å²) in [4.78, 5) is 17.9. The van der Waals surface area contributed by atoms with Crippen molar-refractivity contribution in [3.05, 3.63) is 71.9 Å². The number of nitrogens with zero attached hydrogens (tertiary/aromatic N) is 5. The summed E-state index contributed by atoms with van der Waals surface area (Å²) in [6.45, 7) is 4.51. The first kappa shape index (κ1) is 15.3. The fourth-order valence-corrected chi connectivity index (χ4v) is 2.89. The lowest BCUT2D eigenvalue weighted by molar-refractivity contribution is 0.951. The van der Waals surface area contributed by atoms with Crippen LogP contribution in [0.4, 0.5) is 5.95 Å². The Kier molecular flexibility index (Phi) is 3.85. The van der Waals surface area contributed by atoms with Crippen molar-refractivity contribution in [2.24, 2.45) is 0 Å². The fourth-order valence-electron chi connectivity index (χ4n) is 2.89. The third kappa shape index (κ3) is 3.06. The van der Waals surface area contributed by atoms with E-state index in [1.165, 1.54) is 0 Å². The third-order valence-electron chi connectivity index (χ3n) is 3.97. The van der Waals surface area contributed by atoms with Gasteiger partial charge in [0.15, 0.2) is 0 Å². The molecule has 0 atom stereocenters. The maximum absolute atomic E-state index is 4.56. The van der Waals surface area contributed by atoms with Crippen LogP contribution in [0.1, 0.15) is 17.0 Å². The van der Waals surface area contributed by atoms with Crippen LogP contribution >= 0.6 is 0 Å². The number of rotatable bonds is 4. The highest BCUT2D eigenvalue weighted by Crippen LogP contribution is 2.19. The molecular weight excluding hydrogens is 312 g/mol. The summed E-state index contributed by atoms with van der Waals surface area (Å²) < 4.78 is 2.01. The van der Waals surface area contributed by atoms with Gasteiger partial charge in [0.05, 0.1) is 11.0 Å². The second-order valence-electron chi connectivity index (χ2n) is 5.92. The topological polar surface area (TPSA) is 68.5 Å². The van der Waals surface area contributed by atoms with Gasteiger partial charge in [-0.05, 0) is 38.1 Å². The van der Waals surface area contributed by atoms with Crippen molar-refractivity contribution in [3.8, 4) is 5.82 Å². The molecular formula is C19H18N6. The Morgan fingerprint density at radius 1 is 0.960 bits per heavy atom. The molecule has 124 valence electrons. The lowest BCUT2D eigenvalue weighted by atomic mass is 10.2. The highest BCUT2D eigenvalue weighted by Gasteiger charge is 2.10. The molecule has 1 N–H and O–H groups in total. The zero-order valence-electron chi connectivity index (χ0n) is 14.1. The van der Waals surface area contributed by atoms with Crippen LogP contribution in [-0.2, 0) is 6.54 Å². The standard InChI is InChI=1S/C19H18N6/c1-13-10-14(2)24-19(23-13)21-11-15-6-5-9-20-18(15)25-12-22-16-7-3-4-8-17(16)25/h3-10,12H,11H2,1-2H3,(H,21,23,24). The SMILES string of the molecule is Cc1cc(C)nc(NCc2cccnc2-n2cnc3ccccc32)n1. The Morgan fingerprint density at radius 3 is 2.60 bits per heavy atom. The van der Waals surface area contributed by atoms with Crippen LogP contribution < -0.4 is 5.32 Å². The predicted octanol–water partition coefficient (Wildman–Crippen LogP) is 3.44. The van der Waals surface area contributed by atoms with E-state index in [2.05, 4.69) is 25.3 Å². The fraction of sp³-hybridized carbons (Fsp3) is 0.158. The summed E-state index contributed by atoms with van der Waals surface area (Å²) >= 11 is 0. The maximum Gasteiger partial charge on any atom is 0.223 e. The molecule has 3 aromatic heterocycles. The van der Waals surface area contributed by atoms with Crippen molar-refractivity contribution < 1.29 is 0 Å². The minimum Gasteiger partial charge on any atom is -0.350 e. The molecule has 0 unspecified atom stereocenters. The molecule has 4 rings (SSSR count). The third-order valence-corrected chi connectivity index (χ3v) is 3.97. The van der Waals surface area contributed by atoms with Crippen molar-refractivity contribution in [1.29, 1.82) is 0 Å². The Morgan fingerprint density at radius 2 is 1.76 bits per heavy atom. The van der Waals surface area contributed by atoms with Gasteiger partial charge in [-0.3, -0.25) is 4.57 Å². The summed E-state index contributed by atoms with van der Waals surface area (Å²) in [5.41, 5.74) is 4.92. The van der Waals surface area contributed by atoms with Crippen molar-refractivity contribution in [3.63, 3.8) is 0 Å². The van der Waals surface area contributed by atoms with E-state index in [0.717, 1.165) is 33.8 Å². The van der Waals surface area contributed by atoms with E-state index in [0.29, 0.717) is 12.5 Å². The van der Waals surface area contributed by atoms with Crippen LogP contribution in [-0.4, -0.2) is 24.5 Å². The first-order valence-electron chi connectivity index (χ1n) is 8.13. The summed E-state index contributed by atoms with van der Waals surface area (Å²) in [6.07, 6.45) is 3.60. The normalized spacial score (nSPS) is 11.0. The second-order valence-corrected chi connectivity index (χ2v) is 5.92. The van der Waals surface area contributed by atoms with Crippen LogP contribution in [0.25, 0.3) is 16.9 Å². The molecule has 0 aliphatic carbocycles. The van der Waals surface area contributed by atoms with Gasteiger partial charge in [-0.1, -0.05) is 18.2 Å². The lowest BCUT2D eigenvalue weighted by Crippen LogP contribution is -2.09. The Hall–Kier alpha value is -3.28. The van der Waals surface area contributed by atoms with Gasteiger partial charge in [0.1, 0.15) is 12.1 Å². The van der Waals surface area contributed by atoms with E-state index < -0.39 is 0 Å². The van der Waals surface area contributed by atoms with Crippen LogP contribution in [0, 0.1) is 13.8 Å². The number of hydrogen-bond acceptors (Lipinski definition) is 5. The first-order chi connectivity index (χ1) is 12.2. The van der Waals surface area contributed by atoms with E-state index in [-0.39, 0.29) is 0 Å². The van der Waals surface area contributed by atoms with Gasteiger partial charge >= 0.3 is 0 Å². The molecule has 0 saturated heterocycles. The molecule has 0 saturated carbocycles. The van der Waals surface area contributed by atoms with Gasteiger partial charge in [0, 0.05) is 29.7 Å². The van der Waals surface area contributed by atoms with Crippen molar-refractivity contribution in [2.75, 3.05) is 5.32 Å². The van der Waals surface area contributed by atoms with E-state index in [9.17, 15) is 0 Å². The number of para-hydroxylation sites is 2. The van der Waals surface area contributed by atoms with E-state index in [4.69, 9.17) is 0 Å². The summed E-state index contributed by atoms with van der Waals surface area (Å²) in [5, 5.41) is 3.30. The largest absolute Gasteiger partial charge is 0.350 e. The minimum absolute atomic E-state index is 0.582. The average Bonchev–Trinajstić information content (AvgIpc) is 3.03. The number of imidazole rings is 1. The predicted molar refractivity (Wildman–Crippen MR) is 97.7 cm³/mol. The van der Waals surface area contributed by atoms with Gasteiger partial charge in [0.25, 0.3) is 0 Å². The number of pyridine rings is 1. The van der Waals surface area contributed by atoms with Gasteiger partial charge < -0.3 is 5.32 Å². The van der Waals surface area contributed by atoms with Crippen molar-refractivity contribution in [2.45, 2.75) is 20.4 Å². The molecule has 0 radical (unpaired) electrons. The minimum atomic E-state index is 0.582. The quantitative estimate of drug-likeness (QED) is 0.621. The maximum atomic E-state index is 4.56. The zero-order valence-corrected chi connectivity index (χ0v) is 14.1. The number of hydrogen-bond donors (Lipinski definition) is 1. The smallest absolute Gasteiger partial charge is 0.223 e. The number of benzene rings is 1. The number of aryl methyl sites for hydroxylation is 2. The van der Waals surface area contributed by atoms with Crippen LogP contribution in [0.15, 0.2) is 55.0 Å². The molecule has 0 spiro atoms. The van der Waals surface area contributed by atoms with Crippen molar-refractivity contribution >= 4 is 17.0 Å². The number of aromatic nitrogens is 5. The summed E-state index contributed by atoms with van der Waals surface area (Å²) in [5.74, 6) is 1.48. The highest BCUT2D eigenvalue weighted by atomic mass is 15.1. The van der Waals surface area contributed by atoms with Crippen molar-refractivity contribution in [1.82, 2.24) is 24.5 Å². The van der Waals surface area contributed by atoms with Gasteiger partial charge in [-0.2, -0.15) is 0 Å². The van der Waals surface area contributed by atoms with Gasteiger partial charge in [-0.15, -0.1) is 0 Å². The van der Waals surface area contributed by atoms with Crippen LogP contribution in [0.2, 0.25) is 0 Å². The molecule has 0 aliphatic heterocycles. The Balaban J connectivity index is 1.67. The molecule has 1 aromatic carbocycles. The van der Waals surface area contributed by atoms with Crippen LogP contribution in [0.5, 0.6) is 0 Å². The molecule has 0 amide bonds. The van der Waals surface area contributed by atoms with E-state index >= 15 is 0 Å². The Bertz CT molecular complexity index is 1020. The first-order valence-corrected chi connectivity index (χ1v) is 8.13. The molecule has 0 aliphatic rings. The van der Waals surface area contributed by atoms with Crippen LogP contribution in [0.3, 0.4) is 0 Å². The van der Waals surface area contributed by atoms with E-state index in [1.807, 2.05) is 67.2 Å². The molecule has 0 fully saturated rings. The molecule has 25 heavy (non-hydrogen) atoms. The van der Waals surface area contributed by atoms with Gasteiger partial charge in [0.2, 0.25) is 5.95 Å². The molecule has 3 heterocycles. The Labute approximate surface area is 145 Å². The number of nitrogens with one attached hydrogen (secondary N) is 1. The summed E-state index contributed by atoms with van der Waals surface area (Å²) in [7, 11) is 0.